The quantitative estimate of drug-likeness (QED) is 0.834. The summed E-state index contributed by atoms with van der Waals surface area (Å²) in [6.45, 7) is 1.95. The van der Waals surface area contributed by atoms with Crippen LogP contribution in [0, 0.1) is 5.92 Å². The summed E-state index contributed by atoms with van der Waals surface area (Å²) < 4.78 is 27.3. The molecule has 0 radical (unpaired) electrons. The molecule has 21 heavy (non-hydrogen) atoms. The minimum absolute atomic E-state index is 0.140. The summed E-state index contributed by atoms with van der Waals surface area (Å²) in [7, 11) is -3.83. The number of carboxylic acid groups (broad SMARTS) is 1. The van der Waals surface area contributed by atoms with Gasteiger partial charge in [-0.2, -0.15) is 0 Å². The Hall–Kier alpha value is -0.990. The molecule has 0 aliphatic heterocycles. The van der Waals surface area contributed by atoms with Crippen molar-refractivity contribution in [3.63, 3.8) is 0 Å². The van der Waals surface area contributed by atoms with Crippen LogP contribution in [0.2, 0.25) is 0 Å². The van der Waals surface area contributed by atoms with Gasteiger partial charge >= 0.3 is 5.97 Å². The smallest absolute Gasteiger partial charge is 0.356 e. The number of carboxylic acids is 1. The SMILES string of the molecule is CCC(NS(=O)(=O)c1scnc1C(=O)O)C1CCCCC1. The Labute approximate surface area is 128 Å². The number of sulfonamides is 1. The molecule has 0 saturated heterocycles. The number of nitrogens with one attached hydrogen (secondary N) is 1. The number of hydrogen-bond donors (Lipinski definition) is 2. The molecule has 6 nitrogen and oxygen atoms in total. The first-order chi connectivity index (χ1) is 9.95. The predicted molar refractivity (Wildman–Crippen MR) is 80.0 cm³/mol. The van der Waals surface area contributed by atoms with Gasteiger partial charge in [-0.15, -0.1) is 11.3 Å². The zero-order chi connectivity index (χ0) is 15.5. The Morgan fingerprint density at radius 1 is 1.48 bits per heavy atom. The second-order valence-electron chi connectivity index (χ2n) is 5.33. The molecule has 1 aromatic heterocycles. The maximum atomic E-state index is 12.4. The van der Waals surface area contributed by atoms with E-state index in [-0.39, 0.29) is 10.3 Å². The van der Waals surface area contributed by atoms with E-state index in [1.54, 1.807) is 0 Å². The standard InChI is InChI=1S/C13H20N2O4S2/c1-2-10(9-6-4-3-5-7-9)15-21(18,19)13-11(12(16)17)14-8-20-13/h8-10,15H,2-7H2,1H3,(H,16,17). The summed E-state index contributed by atoms with van der Waals surface area (Å²) >= 11 is 0.842. The van der Waals surface area contributed by atoms with Crippen LogP contribution in [-0.2, 0) is 10.0 Å². The Balaban J connectivity index is 2.18. The molecular formula is C13H20N2O4S2. The second-order valence-corrected chi connectivity index (χ2v) is 8.09. The highest BCUT2D eigenvalue weighted by molar-refractivity contribution is 7.91. The third-order valence-electron chi connectivity index (χ3n) is 3.95. The Morgan fingerprint density at radius 3 is 2.71 bits per heavy atom. The molecule has 2 N–H and O–H groups in total. The lowest BCUT2D eigenvalue weighted by Gasteiger charge is -2.29. The van der Waals surface area contributed by atoms with Gasteiger partial charge in [-0.1, -0.05) is 26.2 Å². The van der Waals surface area contributed by atoms with Gasteiger partial charge in [-0.3, -0.25) is 0 Å². The molecule has 1 fully saturated rings. The first kappa shape index (κ1) is 16.4. The van der Waals surface area contributed by atoms with Crippen molar-refractivity contribution in [2.75, 3.05) is 0 Å². The fourth-order valence-electron chi connectivity index (χ4n) is 2.87. The summed E-state index contributed by atoms with van der Waals surface area (Å²) in [6, 6.07) is -0.140. The van der Waals surface area contributed by atoms with Crippen molar-refractivity contribution >= 4 is 27.3 Å². The highest BCUT2D eigenvalue weighted by Gasteiger charge is 2.31. The van der Waals surface area contributed by atoms with Gasteiger partial charge in [0.05, 0.1) is 5.51 Å². The van der Waals surface area contributed by atoms with Crippen LogP contribution in [0.4, 0.5) is 0 Å². The van der Waals surface area contributed by atoms with E-state index >= 15 is 0 Å². The largest absolute Gasteiger partial charge is 0.476 e. The molecule has 1 atom stereocenters. The zero-order valence-corrected chi connectivity index (χ0v) is 13.5. The van der Waals surface area contributed by atoms with Crippen molar-refractivity contribution in [2.24, 2.45) is 5.92 Å². The molecule has 1 aliphatic rings. The Bertz CT molecular complexity index is 591. The number of carbonyl (C=O) groups is 1. The minimum Gasteiger partial charge on any atom is -0.476 e. The van der Waals surface area contributed by atoms with E-state index in [2.05, 4.69) is 9.71 Å². The van der Waals surface area contributed by atoms with Crippen LogP contribution in [0.25, 0.3) is 0 Å². The summed E-state index contributed by atoms with van der Waals surface area (Å²) in [5.74, 6) is -0.984. The average molecular weight is 332 g/mol. The van der Waals surface area contributed by atoms with Crippen LogP contribution >= 0.6 is 11.3 Å². The topological polar surface area (TPSA) is 96.4 Å². The van der Waals surface area contributed by atoms with E-state index in [0.717, 1.165) is 37.0 Å². The van der Waals surface area contributed by atoms with Crippen LogP contribution in [-0.4, -0.2) is 30.5 Å². The molecular weight excluding hydrogens is 312 g/mol. The molecule has 0 amide bonds. The van der Waals surface area contributed by atoms with E-state index in [0.29, 0.717) is 12.3 Å². The first-order valence-corrected chi connectivity index (χ1v) is 9.51. The van der Waals surface area contributed by atoms with Crippen molar-refractivity contribution < 1.29 is 18.3 Å². The molecule has 0 aromatic carbocycles. The average Bonchev–Trinajstić information content (AvgIpc) is 2.96. The van der Waals surface area contributed by atoms with Crippen LogP contribution in [0.3, 0.4) is 0 Å². The van der Waals surface area contributed by atoms with Crippen LogP contribution < -0.4 is 4.72 Å². The van der Waals surface area contributed by atoms with Crippen molar-refractivity contribution in [1.82, 2.24) is 9.71 Å². The van der Waals surface area contributed by atoms with Crippen LogP contribution in [0.1, 0.15) is 55.9 Å². The maximum absolute atomic E-state index is 12.4. The van der Waals surface area contributed by atoms with Gasteiger partial charge in [0.1, 0.15) is 0 Å². The molecule has 0 bridgehead atoms. The predicted octanol–water partition coefficient (Wildman–Crippen LogP) is 2.48. The summed E-state index contributed by atoms with van der Waals surface area (Å²) in [5.41, 5.74) is 0.852. The number of aromatic nitrogens is 1. The van der Waals surface area contributed by atoms with E-state index in [4.69, 9.17) is 5.11 Å². The molecule has 118 valence electrons. The maximum Gasteiger partial charge on any atom is 0.356 e. The van der Waals surface area contributed by atoms with Crippen LogP contribution in [0.15, 0.2) is 9.72 Å². The van der Waals surface area contributed by atoms with Crippen molar-refractivity contribution in [2.45, 2.75) is 55.7 Å². The van der Waals surface area contributed by atoms with Gasteiger partial charge in [0.25, 0.3) is 10.0 Å². The fourth-order valence-corrected chi connectivity index (χ4v) is 5.42. The van der Waals surface area contributed by atoms with Crippen molar-refractivity contribution in [3.05, 3.63) is 11.2 Å². The molecule has 1 heterocycles. The Kier molecular flexibility index (Phi) is 5.34. The highest BCUT2D eigenvalue weighted by Crippen LogP contribution is 2.29. The molecule has 1 unspecified atom stereocenters. The lowest BCUT2D eigenvalue weighted by molar-refractivity contribution is 0.0687. The molecule has 1 aromatic rings. The number of hydrogen-bond acceptors (Lipinski definition) is 5. The van der Waals surface area contributed by atoms with E-state index in [9.17, 15) is 13.2 Å². The van der Waals surface area contributed by atoms with Gasteiger partial charge in [0, 0.05) is 6.04 Å². The Morgan fingerprint density at radius 2 is 2.14 bits per heavy atom. The third-order valence-corrected chi connectivity index (χ3v) is 6.81. The monoisotopic (exact) mass is 332 g/mol. The number of rotatable bonds is 6. The normalized spacial score (nSPS) is 18.5. The molecule has 0 spiro atoms. The van der Waals surface area contributed by atoms with Crippen molar-refractivity contribution in [1.29, 1.82) is 0 Å². The minimum atomic E-state index is -3.83. The summed E-state index contributed by atoms with van der Waals surface area (Å²) in [6.07, 6.45) is 6.21. The van der Waals surface area contributed by atoms with E-state index in [1.807, 2.05) is 6.92 Å². The highest BCUT2D eigenvalue weighted by atomic mass is 32.2. The van der Waals surface area contributed by atoms with Gasteiger partial charge in [-0.25, -0.2) is 22.9 Å². The number of thiazole rings is 1. The van der Waals surface area contributed by atoms with Gasteiger partial charge in [0.15, 0.2) is 9.90 Å². The third kappa shape index (κ3) is 3.81. The lowest BCUT2D eigenvalue weighted by Crippen LogP contribution is -2.40. The van der Waals surface area contributed by atoms with Gasteiger partial charge in [0.2, 0.25) is 0 Å². The van der Waals surface area contributed by atoms with Gasteiger partial charge < -0.3 is 5.11 Å². The number of nitrogens with zero attached hydrogens (tertiary/aromatic N) is 1. The van der Waals surface area contributed by atoms with E-state index < -0.39 is 21.7 Å². The molecule has 1 aliphatic carbocycles. The van der Waals surface area contributed by atoms with Gasteiger partial charge in [-0.05, 0) is 25.2 Å². The van der Waals surface area contributed by atoms with Crippen LogP contribution in [0.5, 0.6) is 0 Å². The molecule has 2 rings (SSSR count). The fraction of sp³-hybridized carbons (Fsp3) is 0.692. The number of aromatic carboxylic acids is 1. The zero-order valence-electron chi connectivity index (χ0n) is 11.9. The first-order valence-electron chi connectivity index (χ1n) is 7.14. The van der Waals surface area contributed by atoms with E-state index in [1.165, 1.54) is 11.9 Å². The summed E-state index contributed by atoms with van der Waals surface area (Å²) in [4.78, 5) is 14.7. The summed E-state index contributed by atoms with van der Waals surface area (Å²) in [5, 5.41) is 9.01. The molecule has 8 heteroatoms. The van der Waals surface area contributed by atoms with Crippen molar-refractivity contribution in [3.8, 4) is 0 Å². The molecule has 1 saturated carbocycles. The second kappa shape index (κ2) is 6.85. The lowest BCUT2D eigenvalue weighted by atomic mass is 9.83.